The third-order valence-electron chi connectivity index (χ3n) is 14.0. The topological polar surface area (TPSA) is 104 Å². The van der Waals surface area contributed by atoms with Gasteiger partial charge >= 0.3 is 0 Å². The van der Waals surface area contributed by atoms with Gasteiger partial charge in [0.2, 0.25) is 5.71 Å². The van der Waals surface area contributed by atoms with Crippen molar-refractivity contribution in [2.45, 2.75) is 20.8 Å². The molecule has 0 aliphatic heterocycles. The SMILES string of the molecule is Cc1cccc(-c2ccc3oc4ccccc4c3n2)c1.Cc1cccc(-c2ccc3oc4cccnc4c3c2)c1.Cc1cccc(-c2cnc3oc4ccccc4c3c2)c1.c1ccc(-c2ccc3c(c2)oc2cccnc23)cc1. The number of hydrogen-bond donors (Lipinski definition) is 0. The summed E-state index contributed by atoms with van der Waals surface area (Å²) in [5.74, 6) is 0. The Kier molecular flexibility index (Phi) is 12.8. The van der Waals surface area contributed by atoms with E-state index in [0.717, 1.165) is 105 Å². The summed E-state index contributed by atoms with van der Waals surface area (Å²) in [6.07, 6.45) is 5.47. The first-order valence-electron chi connectivity index (χ1n) is 26.2. The van der Waals surface area contributed by atoms with Crippen LogP contribution in [0.2, 0.25) is 0 Å². The lowest BCUT2D eigenvalue weighted by Gasteiger charge is -2.02. The Morgan fingerprint density at radius 3 is 1.46 bits per heavy atom. The van der Waals surface area contributed by atoms with Gasteiger partial charge in [0.1, 0.15) is 38.9 Å². The Labute approximate surface area is 454 Å². The number of para-hydroxylation sites is 2. The highest BCUT2D eigenvalue weighted by atomic mass is 16.3. The number of rotatable bonds is 4. The van der Waals surface area contributed by atoms with Gasteiger partial charge < -0.3 is 17.7 Å². The van der Waals surface area contributed by atoms with E-state index < -0.39 is 0 Å². The molecule has 0 saturated heterocycles. The van der Waals surface area contributed by atoms with Gasteiger partial charge in [-0.25, -0.2) is 9.97 Å². The number of furan rings is 4. The molecule has 79 heavy (non-hydrogen) atoms. The number of pyridine rings is 4. The molecule has 0 spiro atoms. The molecule has 0 bridgehead atoms. The lowest BCUT2D eigenvalue weighted by molar-refractivity contribution is 0.654. The average Bonchev–Trinajstić information content (AvgIpc) is 4.33. The minimum absolute atomic E-state index is 0.697. The standard InChI is InChI=1S/3C18H13NO.C17H11NO/c1-12-4-2-5-13(10-12)14-7-8-16-15(11-14)18-17(20-16)6-3-9-19-18;1-12-5-4-6-13(9-12)14-10-16-15-7-2-3-8-17(15)20-18(16)19-11-14;1-12-5-4-6-13(11-12)15-9-10-17-18(19-15)14-7-2-3-8-16(14)20-17;1-2-5-12(6-3-1)13-8-9-14-16(11-13)19-15-7-4-10-18-17(14)15/h3*2-11H,1H3;1-11H. The van der Waals surface area contributed by atoms with Crippen molar-refractivity contribution in [2.75, 3.05) is 0 Å². The van der Waals surface area contributed by atoms with Crippen LogP contribution in [0.15, 0.2) is 267 Å². The van der Waals surface area contributed by atoms with Crippen molar-refractivity contribution in [3.05, 3.63) is 266 Å². The Hall–Kier alpha value is -10.4. The Morgan fingerprint density at radius 2 is 0.747 bits per heavy atom. The lowest BCUT2D eigenvalue weighted by Crippen LogP contribution is -1.84. The summed E-state index contributed by atoms with van der Waals surface area (Å²) in [4.78, 5) is 18.0. The van der Waals surface area contributed by atoms with Crippen LogP contribution in [0.3, 0.4) is 0 Å². The predicted octanol–water partition coefficient (Wildman–Crippen LogP) is 19.5. The van der Waals surface area contributed by atoms with Crippen molar-refractivity contribution < 1.29 is 17.7 Å². The van der Waals surface area contributed by atoms with E-state index in [4.69, 9.17) is 22.7 Å². The molecule has 8 nitrogen and oxygen atoms in total. The highest BCUT2D eigenvalue weighted by molar-refractivity contribution is 6.06. The van der Waals surface area contributed by atoms with E-state index in [0.29, 0.717) is 5.71 Å². The van der Waals surface area contributed by atoms with Crippen LogP contribution in [-0.2, 0) is 0 Å². The van der Waals surface area contributed by atoms with Crippen LogP contribution < -0.4 is 0 Å². The first kappa shape index (κ1) is 48.2. The molecule has 0 aliphatic carbocycles. The molecule has 0 atom stereocenters. The second kappa shape index (κ2) is 20.9. The van der Waals surface area contributed by atoms with E-state index in [9.17, 15) is 0 Å². The number of aryl methyl sites for hydroxylation is 3. The maximum atomic E-state index is 5.85. The largest absolute Gasteiger partial charge is 0.454 e. The predicted molar refractivity (Wildman–Crippen MR) is 322 cm³/mol. The first-order valence-corrected chi connectivity index (χ1v) is 26.2. The maximum absolute atomic E-state index is 5.85. The second-order valence-corrected chi connectivity index (χ2v) is 19.6. The first-order chi connectivity index (χ1) is 38.8. The van der Waals surface area contributed by atoms with E-state index in [1.165, 1.54) is 38.9 Å². The molecule has 0 aliphatic rings. The quantitative estimate of drug-likeness (QED) is 0.172. The Balaban J connectivity index is 0.0000000999. The van der Waals surface area contributed by atoms with E-state index in [2.05, 4.69) is 163 Å². The third-order valence-corrected chi connectivity index (χ3v) is 14.0. The van der Waals surface area contributed by atoms with E-state index in [-0.39, 0.29) is 0 Å². The molecular formula is C71H50N4O4. The van der Waals surface area contributed by atoms with Crippen LogP contribution in [0.25, 0.3) is 133 Å². The second-order valence-electron chi connectivity index (χ2n) is 19.6. The average molecular weight is 1020 g/mol. The van der Waals surface area contributed by atoms with E-state index >= 15 is 0 Å². The molecule has 378 valence electrons. The van der Waals surface area contributed by atoms with Crippen LogP contribution in [0.1, 0.15) is 16.7 Å². The molecule has 0 radical (unpaired) electrons. The van der Waals surface area contributed by atoms with Gasteiger partial charge in [-0.1, -0.05) is 156 Å². The van der Waals surface area contributed by atoms with Gasteiger partial charge in [-0.05, 0) is 140 Å². The summed E-state index contributed by atoms with van der Waals surface area (Å²) in [7, 11) is 0. The van der Waals surface area contributed by atoms with Gasteiger partial charge in [-0.3, -0.25) is 9.97 Å². The summed E-state index contributed by atoms with van der Waals surface area (Å²) in [5.41, 5.74) is 22.5. The van der Waals surface area contributed by atoms with Crippen molar-refractivity contribution in [1.82, 2.24) is 19.9 Å². The van der Waals surface area contributed by atoms with Crippen molar-refractivity contribution in [3.8, 4) is 44.6 Å². The van der Waals surface area contributed by atoms with Crippen LogP contribution in [0, 0.1) is 20.8 Å². The Morgan fingerprint density at radius 1 is 0.266 bits per heavy atom. The summed E-state index contributed by atoms with van der Waals surface area (Å²) in [6, 6.07) is 78.1. The van der Waals surface area contributed by atoms with Crippen LogP contribution >= 0.6 is 0 Å². The van der Waals surface area contributed by atoms with Gasteiger partial charge in [-0.2, -0.15) is 0 Å². The summed E-state index contributed by atoms with van der Waals surface area (Å²) in [6.45, 7) is 6.30. The van der Waals surface area contributed by atoms with Gasteiger partial charge in [-0.15, -0.1) is 0 Å². The van der Waals surface area contributed by atoms with Crippen LogP contribution in [0.4, 0.5) is 0 Å². The maximum Gasteiger partial charge on any atom is 0.227 e. The summed E-state index contributed by atoms with van der Waals surface area (Å²) >= 11 is 0. The normalized spacial score (nSPS) is 11.2. The highest BCUT2D eigenvalue weighted by Crippen LogP contribution is 2.35. The lowest BCUT2D eigenvalue weighted by atomic mass is 10.0. The van der Waals surface area contributed by atoms with Crippen molar-refractivity contribution in [1.29, 1.82) is 0 Å². The minimum Gasteiger partial charge on any atom is -0.454 e. The molecule has 0 amide bonds. The minimum atomic E-state index is 0.697. The zero-order chi connectivity index (χ0) is 53.2. The third kappa shape index (κ3) is 9.87. The molecule has 16 aromatic rings. The van der Waals surface area contributed by atoms with E-state index in [1.54, 1.807) is 12.4 Å². The number of benzene rings is 8. The summed E-state index contributed by atoms with van der Waals surface area (Å²) in [5, 5.41) is 5.39. The molecular weight excluding hydrogens is 973 g/mol. The number of fused-ring (bicyclic) bond motifs is 12. The fourth-order valence-electron chi connectivity index (χ4n) is 10.2. The molecule has 0 unspecified atom stereocenters. The molecule has 8 heteroatoms. The van der Waals surface area contributed by atoms with Gasteiger partial charge in [0, 0.05) is 56.6 Å². The fraction of sp³-hybridized carbons (Fsp3) is 0.0423. The molecule has 8 aromatic heterocycles. The smallest absolute Gasteiger partial charge is 0.227 e. The number of hydrogen-bond acceptors (Lipinski definition) is 8. The number of aromatic nitrogens is 4. The van der Waals surface area contributed by atoms with Gasteiger partial charge in [0.25, 0.3) is 0 Å². The number of nitrogens with zero attached hydrogens (tertiary/aromatic N) is 4. The van der Waals surface area contributed by atoms with Crippen LogP contribution in [0.5, 0.6) is 0 Å². The van der Waals surface area contributed by atoms with Crippen molar-refractivity contribution in [2.24, 2.45) is 0 Å². The van der Waals surface area contributed by atoms with Crippen molar-refractivity contribution in [3.63, 3.8) is 0 Å². The monoisotopic (exact) mass is 1020 g/mol. The summed E-state index contributed by atoms with van der Waals surface area (Å²) < 4.78 is 23.2. The fourth-order valence-corrected chi connectivity index (χ4v) is 10.2. The zero-order valence-electron chi connectivity index (χ0n) is 43.6. The molecule has 0 N–H and O–H groups in total. The molecule has 0 saturated carbocycles. The van der Waals surface area contributed by atoms with Crippen molar-refractivity contribution >= 4 is 88.3 Å². The molecule has 16 rings (SSSR count). The Bertz CT molecular complexity index is 4490. The molecule has 8 heterocycles. The van der Waals surface area contributed by atoms with E-state index in [1.807, 2.05) is 109 Å². The highest BCUT2D eigenvalue weighted by Gasteiger charge is 2.13. The van der Waals surface area contributed by atoms with Crippen LogP contribution in [-0.4, -0.2) is 19.9 Å². The molecule has 0 fully saturated rings. The molecule has 8 aromatic carbocycles. The van der Waals surface area contributed by atoms with Gasteiger partial charge in [0.15, 0.2) is 16.7 Å². The zero-order valence-corrected chi connectivity index (χ0v) is 43.6. The van der Waals surface area contributed by atoms with Gasteiger partial charge in [0.05, 0.1) is 5.69 Å².